The lowest BCUT2D eigenvalue weighted by Crippen LogP contribution is -2.46. The molecule has 4 rings (SSSR count). The molecule has 0 amide bonds. The number of nitrogens with zero attached hydrogens (tertiary/aromatic N) is 2. The van der Waals surface area contributed by atoms with Crippen molar-refractivity contribution < 1.29 is 0 Å². The molecular weight excluding hydrogens is 401 g/mol. The van der Waals surface area contributed by atoms with Crippen molar-refractivity contribution in [3.8, 4) is 11.3 Å². The van der Waals surface area contributed by atoms with E-state index in [1.807, 2.05) is 18.2 Å². The normalized spacial score (nSPS) is 15.7. The number of piperazine rings is 1. The van der Waals surface area contributed by atoms with Gasteiger partial charge < -0.3 is 9.88 Å². The van der Waals surface area contributed by atoms with E-state index in [4.69, 9.17) is 23.2 Å². The van der Waals surface area contributed by atoms with Crippen molar-refractivity contribution >= 4 is 23.2 Å². The van der Waals surface area contributed by atoms with Gasteiger partial charge in [0.2, 0.25) is 0 Å². The molecule has 3 aromatic rings. The molecule has 1 N–H and O–H groups in total. The lowest BCUT2D eigenvalue weighted by molar-refractivity contribution is 0.128. The van der Waals surface area contributed by atoms with E-state index >= 15 is 0 Å². The summed E-state index contributed by atoms with van der Waals surface area (Å²) in [7, 11) is 0. The first-order chi connectivity index (χ1) is 14.1. The Morgan fingerprint density at radius 1 is 0.862 bits per heavy atom. The van der Waals surface area contributed by atoms with E-state index in [0.29, 0.717) is 5.02 Å². The molecule has 0 spiro atoms. The van der Waals surface area contributed by atoms with Crippen LogP contribution in [-0.2, 0) is 13.0 Å². The number of rotatable bonds is 6. The zero-order valence-corrected chi connectivity index (χ0v) is 18.3. The topological polar surface area (TPSA) is 22.3 Å². The van der Waals surface area contributed by atoms with E-state index in [1.54, 1.807) is 0 Å². The van der Waals surface area contributed by atoms with Crippen LogP contribution in [0.5, 0.6) is 0 Å². The van der Waals surface area contributed by atoms with Crippen LogP contribution in [0, 0.1) is 6.92 Å². The van der Waals surface area contributed by atoms with Gasteiger partial charge in [-0.15, -0.1) is 0 Å². The van der Waals surface area contributed by atoms with Gasteiger partial charge in [-0.2, -0.15) is 0 Å². The molecule has 0 aliphatic carbocycles. The zero-order chi connectivity index (χ0) is 20.2. The largest absolute Gasteiger partial charge is 0.358 e. The molecule has 5 heteroatoms. The number of nitrogens with one attached hydrogen (secondary N) is 1. The lowest BCUT2D eigenvalue weighted by atomic mass is 10.1. The third-order valence-electron chi connectivity index (χ3n) is 5.78. The third kappa shape index (κ3) is 5.23. The maximum atomic E-state index is 6.33. The Labute approximate surface area is 183 Å². The first-order valence-electron chi connectivity index (χ1n) is 10.2. The van der Waals surface area contributed by atoms with Gasteiger partial charge >= 0.3 is 0 Å². The van der Waals surface area contributed by atoms with E-state index in [2.05, 4.69) is 58.1 Å². The second kappa shape index (κ2) is 9.36. The minimum absolute atomic E-state index is 0.694. The monoisotopic (exact) mass is 427 g/mol. The molecule has 2 heterocycles. The Bertz CT molecular complexity index is 944. The standard InChI is InChI=1S/C24H27Cl2N3/c1-18-20(15-24(27-18)19-5-3-2-4-6-19)9-10-28-11-13-29(14-12-28)17-21-7-8-22(25)16-23(21)26/h2-8,15-16,27H,9-14,17H2,1H3. The number of aromatic nitrogens is 1. The smallest absolute Gasteiger partial charge is 0.0465 e. The highest BCUT2D eigenvalue weighted by Crippen LogP contribution is 2.24. The highest BCUT2D eigenvalue weighted by Gasteiger charge is 2.18. The van der Waals surface area contributed by atoms with Gasteiger partial charge in [-0.3, -0.25) is 4.90 Å². The maximum Gasteiger partial charge on any atom is 0.0465 e. The zero-order valence-electron chi connectivity index (χ0n) is 16.8. The molecule has 1 aliphatic rings. The third-order valence-corrected chi connectivity index (χ3v) is 6.37. The Kier molecular flexibility index (Phi) is 6.61. The van der Waals surface area contributed by atoms with Crippen LogP contribution in [0.1, 0.15) is 16.8 Å². The van der Waals surface area contributed by atoms with Crippen molar-refractivity contribution in [1.29, 1.82) is 0 Å². The summed E-state index contributed by atoms with van der Waals surface area (Å²) in [5, 5.41) is 1.45. The number of aromatic amines is 1. The van der Waals surface area contributed by atoms with Gasteiger partial charge in [0.1, 0.15) is 0 Å². The Balaban J connectivity index is 1.28. The summed E-state index contributed by atoms with van der Waals surface area (Å²) in [4.78, 5) is 8.58. The second-order valence-electron chi connectivity index (χ2n) is 7.80. The number of H-pyrrole nitrogens is 1. The lowest BCUT2D eigenvalue weighted by Gasteiger charge is -2.34. The number of halogens is 2. The van der Waals surface area contributed by atoms with Crippen molar-refractivity contribution in [1.82, 2.24) is 14.8 Å². The van der Waals surface area contributed by atoms with Crippen molar-refractivity contribution in [3.05, 3.63) is 81.5 Å². The van der Waals surface area contributed by atoms with Gasteiger partial charge in [-0.05, 0) is 48.2 Å². The van der Waals surface area contributed by atoms with Gasteiger partial charge in [0.15, 0.2) is 0 Å². The Morgan fingerprint density at radius 3 is 2.31 bits per heavy atom. The van der Waals surface area contributed by atoms with E-state index in [9.17, 15) is 0 Å². The molecular formula is C24H27Cl2N3. The van der Waals surface area contributed by atoms with Gasteiger partial charge in [0.05, 0.1) is 0 Å². The molecule has 0 bridgehead atoms. The molecule has 0 unspecified atom stereocenters. The first-order valence-corrected chi connectivity index (χ1v) is 11.0. The van der Waals surface area contributed by atoms with Crippen LogP contribution in [0.25, 0.3) is 11.3 Å². The molecule has 0 saturated carbocycles. The van der Waals surface area contributed by atoms with Crippen molar-refractivity contribution in [2.24, 2.45) is 0 Å². The average molecular weight is 428 g/mol. The van der Waals surface area contributed by atoms with Crippen LogP contribution >= 0.6 is 23.2 Å². The summed E-state index contributed by atoms with van der Waals surface area (Å²) < 4.78 is 0. The predicted octanol–water partition coefficient (Wildman–Crippen LogP) is 5.66. The quantitative estimate of drug-likeness (QED) is 0.548. The fourth-order valence-corrected chi connectivity index (χ4v) is 4.44. The van der Waals surface area contributed by atoms with E-state index in [0.717, 1.165) is 56.3 Å². The number of aryl methyl sites for hydroxylation is 1. The molecule has 1 aromatic heterocycles. The SMILES string of the molecule is Cc1[nH]c(-c2ccccc2)cc1CCN1CCN(Cc2ccc(Cl)cc2Cl)CC1. The molecule has 1 aliphatic heterocycles. The predicted molar refractivity (Wildman–Crippen MR) is 123 cm³/mol. The van der Waals surface area contributed by atoms with Gasteiger partial charge in [0, 0.05) is 60.7 Å². The number of hydrogen-bond donors (Lipinski definition) is 1. The molecule has 0 radical (unpaired) electrons. The van der Waals surface area contributed by atoms with Crippen molar-refractivity contribution in [2.75, 3.05) is 32.7 Å². The molecule has 152 valence electrons. The minimum Gasteiger partial charge on any atom is -0.358 e. The van der Waals surface area contributed by atoms with Crippen LogP contribution < -0.4 is 0 Å². The van der Waals surface area contributed by atoms with Gasteiger partial charge in [0.25, 0.3) is 0 Å². The van der Waals surface area contributed by atoms with Crippen LogP contribution in [0.15, 0.2) is 54.6 Å². The average Bonchev–Trinajstić information content (AvgIpc) is 3.11. The summed E-state index contributed by atoms with van der Waals surface area (Å²) in [5.74, 6) is 0. The molecule has 0 atom stereocenters. The second-order valence-corrected chi connectivity index (χ2v) is 8.65. The molecule has 2 aromatic carbocycles. The number of benzene rings is 2. The van der Waals surface area contributed by atoms with Crippen LogP contribution in [0.2, 0.25) is 10.0 Å². The van der Waals surface area contributed by atoms with Crippen LogP contribution in [-0.4, -0.2) is 47.5 Å². The van der Waals surface area contributed by atoms with Crippen molar-refractivity contribution in [2.45, 2.75) is 19.9 Å². The Hall–Kier alpha value is -1.78. The highest BCUT2D eigenvalue weighted by atomic mass is 35.5. The first kappa shape index (κ1) is 20.5. The molecule has 1 saturated heterocycles. The minimum atomic E-state index is 0.694. The van der Waals surface area contributed by atoms with Crippen molar-refractivity contribution in [3.63, 3.8) is 0 Å². The fourth-order valence-electron chi connectivity index (χ4n) is 3.97. The molecule has 3 nitrogen and oxygen atoms in total. The summed E-state index contributed by atoms with van der Waals surface area (Å²) in [5.41, 5.74) is 6.30. The van der Waals surface area contributed by atoms with Gasteiger partial charge in [-0.25, -0.2) is 0 Å². The Morgan fingerprint density at radius 2 is 1.59 bits per heavy atom. The van der Waals surface area contributed by atoms with E-state index in [1.165, 1.54) is 22.5 Å². The van der Waals surface area contributed by atoms with E-state index < -0.39 is 0 Å². The summed E-state index contributed by atoms with van der Waals surface area (Å²) in [6.45, 7) is 8.50. The molecule has 1 fully saturated rings. The fraction of sp³-hybridized carbons (Fsp3) is 0.333. The summed E-state index contributed by atoms with van der Waals surface area (Å²) >= 11 is 12.3. The van der Waals surface area contributed by atoms with Gasteiger partial charge in [-0.1, -0.05) is 59.6 Å². The van der Waals surface area contributed by atoms with E-state index in [-0.39, 0.29) is 0 Å². The van der Waals surface area contributed by atoms with Crippen LogP contribution in [0.3, 0.4) is 0 Å². The molecule has 29 heavy (non-hydrogen) atoms. The highest BCUT2D eigenvalue weighted by molar-refractivity contribution is 6.35. The maximum absolute atomic E-state index is 6.33. The number of hydrogen-bond acceptors (Lipinski definition) is 2. The summed E-state index contributed by atoms with van der Waals surface area (Å²) in [6.07, 6.45) is 1.08. The van der Waals surface area contributed by atoms with Crippen LogP contribution in [0.4, 0.5) is 0 Å². The summed E-state index contributed by atoms with van der Waals surface area (Å²) in [6, 6.07) is 18.6.